The van der Waals surface area contributed by atoms with Gasteiger partial charge in [0.15, 0.2) is 0 Å². The molecular weight excluding hydrogens is 364 g/mol. The van der Waals surface area contributed by atoms with E-state index in [9.17, 15) is 9.59 Å². The van der Waals surface area contributed by atoms with Crippen molar-refractivity contribution in [1.82, 2.24) is 15.6 Å². The van der Waals surface area contributed by atoms with Gasteiger partial charge >= 0.3 is 0 Å². The van der Waals surface area contributed by atoms with Crippen LogP contribution in [0.1, 0.15) is 33.9 Å². The van der Waals surface area contributed by atoms with E-state index in [1.165, 1.54) is 11.3 Å². The number of benzene rings is 1. The van der Waals surface area contributed by atoms with E-state index >= 15 is 0 Å². The van der Waals surface area contributed by atoms with Crippen LogP contribution >= 0.6 is 11.3 Å². The van der Waals surface area contributed by atoms with Crippen molar-refractivity contribution in [1.29, 1.82) is 0 Å². The SMILES string of the molecule is NC(C(=O)NCc1csc(CNC(=O)c2ccccc2)n1)C1CCOCC1. The fraction of sp³-hybridized carbons (Fsp3) is 0.421. The molecule has 4 N–H and O–H groups in total. The van der Waals surface area contributed by atoms with Crippen LogP contribution in [0.4, 0.5) is 0 Å². The molecule has 3 rings (SSSR count). The van der Waals surface area contributed by atoms with Gasteiger partial charge in [-0.25, -0.2) is 4.98 Å². The number of aromatic nitrogens is 1. The van der Waals surface area contributed by atoms with Crippen molar-refractivity contribution < 1.29 is 14.3 Å². The second-order valence-electron chi connectivity index (χ2n) is 6.47. The number of hydrogen-bond acceptors (Lipinski definition) is 6. The summed E-state index contributed by atoms with van der Waals surface area (Å²) in [6.45, 7) is 2.01. The molecule has 1 atom stereocenters. The highest BCUT2D eigenvalue weighted by molar-refractivity contribution is 7.09. The molecule has 2 amide bonds. The Kier molecular flexibility index (Phi) is 6.92. The van der Waals surface area contributed by atoms with Crippen LogP contribution in [0.2, 0.25) is 0 Å². The summed E-state index contributed by atoms with van der Waals surface area (Å²) < 4.78 is 5.30. The molecule has 2 aromatic rings. The van der Waals surface area contributed by atoms with Gasteiger partial charge < -0.3 is 21.1 Å². The van der Waals surface area contributed by atoms with Gasteiger partial charge in [0.2, 0.25) is 5.91 Å². The van der Waals surface area contributed by atoms with E-state index < -0.39 is 6.04 Å². The minimum atomic E-state index is -0.517. The average molecular weight is 388 g/mol. The summed E-state index contributed by atoms with van der Waals surface area (Å²) in [7, 11) is 0. The Labute approximate surface area is 162 Å². The first-order valence-electron chi connectivity index (χ1n) is 9.01. The summed E-state index contributed by atoms with van der Waals surface area (Å²) in [5.41, 5.74) is 7.44. The quantitative estimate of drug-likeness (QED) is 0.665. The molecule has 8 heteroatoms. The van der Waals surface area contributed by atoms with Crippen molar-refractivity contribution in [2.75, 3.05) is 13.2 Å². The molecule has 0 bridgehead atoms. The van der Waals surface area contributed by atoms with E-state index in [1.54, 1.807) is 12.1 Å². The highest BCUT2D eigenvalue weighted by Gasteiger charge is 2.26. The summed E-state index contributed by atoms with van der Waals surface area (Å²) in [4.78, 5) is 28.7. The lowest BCUT2D eigenvalue weighted by atomic mass is 9.92. The molecule has 1 aromatic heterocycles. The number of carbonyl (C=O) groups is 2. The minimum absolute atomic E-state index is 0.136. The van der Waals surface area contributed by atoms with Crippen LogP contribution in [-0.2, 0) is 22.6 Å². The third-order valence-electron chi connectivity index (χ3n) is 4.56. The third kappa shape index (κ3) is 5.59. The fourth-order valence-corrected chi connectivity index (χ4v) is 3.68. The number of thiazole rings is 1. The van der Waals surface area contributed by atoms with Crippen LogP contribution in [0.25, 0.3) is 0 Å². The van der Waals surface area contributed by atoms with Crippen LogP contribution in [0, 0.1) is 5.92 Å². The fourth-order valence-electron chi connectivity index (χ4n) is 2.94. The Morgan fingerprint density at radius 3 is 2.67 bits per heavy atom. The molecule has 144 valence electrons. The summed E-state index contributed by atoms with van der Waals surface area (Å²) in [6.07, 6.45) is 1.63. The van der Waals surface area contributed by atoms with Gasteiger partial charge in [0, 0.05) is 24.2 Å². The number of nitrogens with zero attached hydrogens (tertiary/aromatic N) is 1. The van der Waals surface area contributed by atoms with E-state index in [0.717, 1.165) is 23.5 Å². The average Bonchev–Trinajstić information content (AvgIpc) is 3.19. The first kappa shape index (κ1) is 19.5. The van der Waals surface area contributed by atoms with E-state index in [0.29, 0.717) is 31.9 Å². The Morgan fingerprint density at radius 1 is 1.19 bits per heavy atom. The minimum Gasteiger partial charge on any atom is -0.381 e. The van der Waals surface area contributed by atoms with Gasteiger partial charge in [-0.1, -0.05) is 18.2 Å². The summed E-state index contributed by atoms with van der Waals surface area (Å²) in [5, 5.41) is 8.36. The molecule has 0 saturated carbocycles. The second-order valence-corrected chi connectivity index (χ2v) is 7.42. The predicted molar refractivity (Wildman–Crippen MR) is 103 cm³/mol. The molecule has 0 spiro atoms. The standard InChI is InChI=1S/C19H24N4O3S/c20-17(13-6-8-26-9-7-13)19(25)21-10-15-12-27-16(23-15)11-22-18(24)14-4-2-1-3-5-14/h1-5,12-13,17H,6-11,20H2,(H,21,25)(H,22,24). The number of hydrogen-bond donors (Lipinski definition) is 3. The van der Waals surface area contributed by atoms with Gasteiger partial charge in [-0.15, -0.1) is 11.3 Å². The summed E-state index contributed by atoms with van der Waals surface area (Å²) in [5.74, 6) is -0.130. The molecule has 27 heavy (non-hydrogen) atoms. The predicted octanol–water partition coefficient (Wildman–Crippen LogP) is 1.44. The molecular formula is C19H24N4O3S. The lowest BCUT2D eigenvalue weighted by Crippen LogP contribution is -2.46. The summed E-state index contributed by atoms with van der Waals surface area (Å²) in [6, 6.07) is 8.53. The van der Waals surface area contributed by atoms with Crippen molar-refractivity contribution in [2.24, 2.45) is 11.7 Å². The first-order valence-corrected chi connectivity index (χ1v) is 9.89. The molecule has 0 radical (unpaired) electrons. The molecule has 2 heterocycles. The zero-order valence-electron chi connectivity index (χ0n) is 15.0. The van der Waals surface area contributed by atoms with Crippen LogP contribution < -0.4 is 16.4 Å². The Morgan fingerprint density at radius 2 is 1.93 bits per heavy atom. The van der Waals surface area contributed by atoms with Crippen molar-refractivity contribution >= 4 is 23.2 Å². The molecule has 1 saturated heterocycles. The van der Waals surface area contributed by atoms with E-state index in [1.807, 2.05) is 23.6 Å². The maximum Gasteiger partial charge on any atom is 0.251 e. The van der Waals surface area contributed by atoms with Gasteiger partial charge in [-0.2, -0.15) is 0 Å². The zero-order valence-corrected chi connectivity index (χ0v) is 15.8. The van der Waals surface area contributed by atoms with E-state index in [4.69, 9.17) is 10.5 Å². The highest BCUT2D eigenvalue weighted by atomic mass is 32.1. The monoisotopic (exact) mass is 388 g/mol. The molecule has 1 aliphatic rings. The third-order valence-corrected chi connectivity index (χ3v) is 5.45. The van der Waals surface area contributed by atoms with Gasteiger partial charge in [0.1, 0.15) is 5.01 Å². The Hall–Kier alpha value is -2.29. The van der Waals surface area contributed by atoms with E-state index in [-0.39, 0.29) is 17.7 Å². The van der Waals surface area contributed by atoms with Crippen molar-refractivity contribution in [3.8, 4) is 0 Å². The highest BCUT2D eigenvalue weighted by Crippen LogP contribution is 2.18. The van der Waals surface area contributed by atoms with Gasteiger partial charge in [0.25, 0.3) is 5.91 Å². The van der Waals surface area contributed by atoms with Crippen LogP contribution in [0.5, 0.6) is 0 Å². The molecule has 0 aliphatic carbocycles. The number of nitrogens with one attached hydrogen (secondary N) is 2. The van der Waals surface area contributed by atoms with E-state index in [2.05, 4.69) is 15.6 Å². The summed E-state index contributed by atoms with van der Waals surface area (Å²) >= 11 is 1.45. The van der Waals surface area contributed by atoms with Crippen molar-refractivity contribution in [2.45, 2.75) is 32.0 Å². The number of ether oxygens (including phenoxy) is 1. The number of nitrogens with two attached hydrogens (primary N) is 1. The molecule has 1 fully saturated rings. The van der Waals surface area contributed by atoms with Gasteiger partial charge in [-0.05, 0) is 30.9 Å². The first-order chi connectivity index (χ1) is 13.1. The second kappa shape index (κ2) is 9.59. The van der Waals surface area contributed by atoms with Gasteiger partial charge in [-0.3, -0.25) is 9.59 Å². The van der Waals surface area contributed by atoms with Crippen molar-refractivity contribution in [3.63, 3.8) is 0 Å². The normalized spacial score (nSPS) is 15.9. The molecule has 1 unspecified atom stereocenters. The van der Waals surface area contributed by atoms with Crippen LogP contribution in [-0.4, -0.2) is 36.1 Å². The van der Waals surface area contributed by atoms with Gasteiger partial charge in [0.05, 0.1) is 24.8 Å². The van der Waals surface area contributed by atoms with Crippen LogP contribution in [0.3, 0.4) is 0 Å². The maximum absolute atomic E-state index is 12.2. The Balaban J connectivity index is 1.43. The van der Waals surface area contributed by atoms with Crippen LogP contribution in [0.15, 0.2) is 35.7 Å². The number of carbonyl (C=O) groups excluding carboxylic acids is 2. The lowest BCUT2D eigenvalue weighted by Gasteiger charge is -2.26. The largest absolute Gasteiger partial charge is 0.381 e. The Bertz CT molecular complexity index is 759. The van der Waals surface area contributed by atoms with Crippen molar-refractivity contribution in [3.05, 3.63) is 52.0 Å². The zero-order chi connectivity index (χ0) is 19.1. The lowest BCUT2D eigenvalue weighted by molar-refractivity contribution is -0.124. The number of amides is 2. The number of rotatable bonds is 7. The topological polar surface area (TPSA) is 106 Å². The molecule has 7 nitrogen and oxygen atoms in total. The maximum atomic E-state index is 12.2. The molecule has 1 aromatic carbocycles. The smallest absolute Gasteiger partial charge is 0.251 e. The molecule has 1 aliphatic heterocycles.